The Morgan fingerprint density at radius 2 is 1.65 bits per heavy atom. The molecular formula is C19H15FeNO2-6. The van der Waals surface area contributed by atoms with Gasteiger partial charge in [-0.15, -0.1) is 6.07 Å². The minimum absolute atomic E-state index is 0. The molecule has 0 saturated heterocycles. The number of Topliss-reactive ketones (excluding diaryl/α,β-unsaturated/α-hetero) is 1. The molecule has 0 amide bonds. The zero-order valence-corrected chi connectivity index (χ0v) is 13.3. The smallest absolute Gasteiger partial charge is 0.152 e. The van der Waals surface area contributed by atoms with Gasteiger partial charge in [0.15, 0.2) is 5.78 Å². The van der Waals surface area contributed by atoms with Gasteiger partial charge in [-0.2, -0.15) is 12.1 Å². The molecule has 3 nitrogen and oxygen atoms in total. The summed E-state index contributed by atoms with van der Waals surface area (Å²) in [6, 6.07) is 21.6. The molecule has 4 heteroatoms. The molecule has 3 aromatic rings. The topological polar surface area (TPSA) is 63.3 Å². The van der Waals surface area contributed by atoms with Crippen molar-refractivity contribution >= 4 is 11.5 Å². The van der Waals surface area contributed by atoms with Crippen LogP contribution in [0.3, 0.4) is 0 Å². The van der Waals surface area contributed by atoms with Crippen LogP contribution in [-0.4, -0.2) is 10.9 Å². The Morgan fingerprint density at radius 1 is 1.04 bits per heavy atom. The SMILES string of the molecule is N[c-]1cccc1C(=O)C#Cc1ccccc1O.[Fe].[cH-]1[cH-][cH-][cH-][cH-]1. The van der Waals surface area contributed by atoms with E-state index in [1.165, 1.54) is 6.07 Å². The fourth-order valence-corrected chi connectivity index (χ4v) is 1.73. The number of hydrogen-bond donors (Lipinski definition) is 2. The molecule has 0 unspecified atom stereocenters. The number of carbonyl (C=O) groups excluding carboxylic acids is 1. The molecule has 0 aliphatic heterocycles. The molecule has 3 rings (SSSR count). The van der Waals surface area contributed by atoms with Gasteiger partial charge in [-0.05, 0) is 17.8 Å². The molecule has 0 saturated carbocycles. The second-order valence-electron chi connectivity index (χ2n) is 4.45. The van der Waals surface area contributed by atoms with E-state index in [1.54, 1.807) is 36.4 Å². The average molecular weight is 345 g/mol. The Hall–Kier alpha value is -2.73. The van der Waals surface area contributed by atoms with Gasteiger partial charge in [-0.3, -0.25) is 0 Å². The summed E-state index contributed by atoms with van der Waals surface area (Å²) in [5.41, 5.74) is 6.84. The molecule has 3 N–H and O–H groups in total. The Bertz CT molecular complexity index is 775. The maximum atomic E-state index is 11.7. The number of benzene rings is 1. The van der Waals surface area contributed by atoms with Gasteiger partial charge in [0, 0.05) is 17.1 Å². The molecule has 0 radical (unpaired) electrons. The van der Waals surface area contributed by atoms with E-state index in [4.69, 9.17) is 5.73 Å². The van der Waals surface area contributed by atoms with E-state index in [0.29, 0.717) is 16.8 Å². The number of nitrogens with two attached hydrogens (primary N) is 1. The van der Waals surface area contributed by atoms with Gasteiger partial charge in [0.25, 0.3) is 0 Å². The molecule has 0 aliphatic carbocycles. The number of para-hydroxylation sites is 1. The normalized spacial score (nSPS) is 8.70. The van der Waals surface area contributed by atoms with Crippen LogP contribution in [0.15, 0.2) is 72.8 Å². The zero-order chi connectivity index (χ0) is 15.8. The van der Waals surface area contributed by atoms with Gasteiger partial charge in [0.1, 0.15) is 5.75 Å². The summed E-state index contributed by atoms with van der Waals surface area (Å²) in [6.45, 7) is 0. The zero-order valence-electron chi connectivity index (χ0n) is 12.2. The number of phenols is 1. The number of rotatable bonds is 1. The van der Waals surface area contributed by atoms with Crippen molar-refractivity contribution in [1.82, 2.24) is 0 Å². The van der Waals surface area contributed by atoms with Crippen LogP contribution in [-0.2, 0) is 17.1 Å². The van der Waals surface area contributed by atoms with Crippen LogP contribution >= 0.6 is 0 Å². The van der Waals surface area contributed by atoms with Crippen molar-refractivity contribution in [3.8, 4) is 17.6 Å². The molecule has 0 atom stereocenters. The molecule has 0 heterocycles. The van der Waals surface area contributed by atoms with Crippen molar-refractivity contribution in [1.29, 1.82) is 0 Å². The van der Waals surface area contributed by atoms with Gasteiger partial charge in [-0.1, -0.05) is 29.5 Å². The summed E-state index contributed by atoms with van der Waals surface area (Å²) in [5, 5.41) is 9.47. The third-order valence-electron chi connectivity index (χ3n) is 2.86. The number of aromatic hydroxyl groups is 1. The third kappa shape index (κ3) is 5.52. The first-order valence-electron chi connectivity index (χ1n) is 6.70. The molecular weight excluding hydrogens is 330 g/mol. The molecule has 0 fully saturated rings. The first-order valence-corrected chi connectivity index (χ1v) is 6.70. The minimum atomic E-state index is -0.351. The van der Waals surface area contributed by atoms with Crippen molar-refractivity contribution in [2.24, 2.45) is 0 Å². The number of nitrogen functional groups attached to an aromatic ring is 1. The quantitative estimate of drug-likeness (QED) is 0.308. The summed E-state index contributed by atoms with van der Waals surface area (Å²) < 4.78 is 0. The van der Waals surface area contributed by atoms with Crippen LogP contribution in [0.1, 0.15) is 15.9 Å². The van der Waals surface area contributed by atoms with Crippen LogP contribution in [0.4, 0.5) is 5.69 Å². The van der Waals surface area contributed by atoms with Crippen LogP contribution < -0.4 is 5.73 Å². The van der Waals surface area contributed by atoms with E-state index in [-0.39, 0.29) is 28.6 Å². The Kier molecular flexibility index (Phi) is 7.42. The van der Waals surface area contributed by atoms with Crippen LogP contribution in [0.2, 0.25) is 0 Å². The van der Waals surface area contributed by atoms with Crippen molar-refractivity contribution < 1.29 is 27.0 Å². The van der Waals surface area contributed by atoms with Gasteiger partial charge >= 0.3 is 0 Å². The molecule has 0 aliphatic rings. The number of ketones is 1. The van der Waals surface area contributed by atoms with E-state index in [1.807, 2.05) is 30.3 Å². The first-order chi connectivity index (χ1) is 10.7. The van der Waals surface area contributed by atoms with Crippen molar-refractivity contribution in [2.45, 2.75) is 0 Å². The number of carbonyl (C=O) groups is 1. The molecule has 122 valence electrons. The Balaban J connectivity index is 0.000000377. The van der Waals surface area contributed by atoms with Crippen LogP contribution in [0, 0.1) is 11.8 Å². The monoisotopic (exact) mass is 345 g/mol. The second kappa shape index (κ2) is 9.32. The summed E-state index contributed by atoms with van der Waals surface area (Å²) in [5.74, 6) is 4.78. The summed E-state index contributed by atoms with van der Waals surface area (Å²) in [6.07, 6.45) is 0. The van der Waals surface area contributed by atoms with Crippen LogP contribution in [0.5, 0.6) is 5.75 Å². The largest absolute Gasteiger partial charge is 0.748 e. The van der Waals surface area contributed by atoms with Crippen LogP contribution in [0.25, 0.3) is 0 Å². The van der Waals surface area contributed by atoms with Gasteiger partial charge in [0.05, 0.1) is 5.56 Å². The third-order valence-corrected chi connectivity index (χ3v) is 2.86. The fraction of sp³-hybridized carbons (Fsp3) is 0. The van der Waals surface area contributed by atoms with E-state index >= 15 is 0 Å². The molecule has 0 aromatic heterocycles. The average Bonchev–Trinajstić information content (AvgIpc) is 3.20. The predicted molar refractivity (Wildman–Crippen MR) is 87.8 cm³/mol. The summed E-state index contributed by atoms with van der Waals surface area (Å²) in [7, 11) is 0. The predicted octanol–water partition coefficient (Wildman–Crippen LogP) is 3.33. The Morgan fingerprint density at radius 3 is 2.17 bits per heavy atom. The standard InChI is InChI=1S/C14H10NO2.C5H5.Fe/c15-12-6-3-5-11(12)14(17)9-8-10-4-1-2-7-13(10)16;1-2-4-5-3-1;/h1-7,16H,15H2;1-5H;/q-1;-5;. The molecule has 3 aromatic carbocycles. The van der Waals surface area contributed by atoms with E-state index in [2.05, 4.69) is 11.8 Å². The van der Waals surface area contributed by atoms with E-state index in [9.17, 15) is 9.90 Å². The summed E-state index contributed by atoms with van der Waals surface area (Å²) in [4.78, 5) is 11.7. The molecule has 23 heavy (non-hydrogen) atoms. The number of hydrogen-bond acceptors (Lipinski definition) is 3. The Labute approximate surface area is 146 Å². The van der Waals surface area contributed by atoms with Gasteiger partial charge in [0.2, 0.25) is 0 Å². The molecule has 0 bridgehead atoms. The van der Waals surface area contributed by atoms with Crippen molar-refractivity contribution in [3.63, 3.8) is 0 Å². The fourth-order valence-electron chi connectivity index (χ4n) is 1.73. The van der Waals surface area contributed by atoms with E-state index in [0.717, 1.165) is 0 Å². The van der Waals surface area contributed by atoms with E-state index < -0.39 is 0 Å². The minimum Gasteiger partial charge on any atom is -0.748 e. The first kappa shape index (κ1) is 18.3. The summed E-state index contributed by atoms with van der Waals surface area (Å²) >= 11 is 0. The van der Waals surface area contributed by atoms with Gasteiger partial charge < -0.3 is 46.0 Å². The number of anilines is 1. The maximum absolute atomic E-state index is 11.7. The molecule has 0 spiro atoms. The maximum Gasteiger partial charge on any atom is 0.152 e. The van der Waals surface area contributed by atoms with Crippen molar-refractivity contribution in [3.05, 3.63) is 83.9 Å². The second-order valence-corrected chi connectivity index (χ2v) is 4.45. The van der Waals surface area contributed by atoms with Crippen molar-refractivity contribution in [2.75, 3.05) is 5.73 Å². The number of phenolic OH excluding ortho intramolecular Hbond substituents is 1. The van der Waals surface area contributed by atoms with Gasteiger partial charge in [-0.25, -0.2) is 0 Å².